The molecule has 0 unspecified atom stereocenters. The van der Waals surface area contributed by atoms with Gasteiger partial charge in [0.25, 0.3) is 0 Å². The van der Waals surface area contributed by atoms with Crippen LogP contribution in [0, 0.1) is 0 Å². The molecule has 0 saturated carbocycles. The van der Waals surface area contributed by atoms with Gasteiger partial charge in [0.2, 0.25) is 0 Å². The molecular weight excluding hydrogens is 214 g/mol. The maximum absolute atomic E-state index is 11.3. The summed E-state index contributed by atoms with van der Waals surface area (Å²) in [6.45, 7) is 11.9. The molecule has 0 aromatic heterocycles. The lowest BCUT2D eigenvalue weighted by atomic mass is 9.93. The standard InChI is InChI=1S/C14H27NO2/c1-6-10-13(16)17-12-15(11-7-2)14(5,8-3)9-4/h6,10H,7-9,11-12H2,1-5H3/b10-6+. The van der Waals surface area contributed by atoms with Gasteiger partial charge in [-0.25, -0.2) is 4.79 Å². The fourth-order valence-electron chi connectivity index (χ4n) is 1.78. The van der Waals surface area contributed by atoms with Crippen LogP contribution in [0.1, 0.15) is 53.9 Å². The molecule has 0 atom stereocenters. The lowest BCUT2D eigenvalue weighted by Crippen LogP contribution is -2.47. The van der Waals surface area contributed by atoms with Crippen molar-refractivity contribution in [2.75, 3.05) is 13.3 Å². The van der Waals surface area contributed by atoms with Crippen LogP contribution in [0.4, 0.5) is 0 Å². The summed E-state index contributed by atoms with van der Waals surface area (Å²) < 4.78 is 5.25. The fraction of sp³-hybridized carbons (Fsp3) is 0.786. The predicted molar refractivity (Wildman–Crippen MR) is 71.8 cm³/mol. The molecule has 0 heterocycles. The number of esters is 1. The van der Waals surface area contributed by atoms with Crippen molar-refractivity contribution in [2.24, 2.45) is 0 Å². The Morgan fingerprint density at radius 3 is 2.29 bits per heavy atom. The minimum Gasteiger partial charge on any atom is -0.446 e. The average molecular weight is 241 g/mol. The molecule has 0 aromatic carbocycles. The Balaban J connectivity index is 4.47. The first-order valence-electron chi connectivity index (χ1n) is 6.58. The maximum Gasteiger partial charge on any atom is 0.331 e. The fourth-order valence-corrected chi connectivity index (χ4v) is 1.78. The van der Waals surface area contributed by atoms with Crippen LogP contribution in [0.15, 0.2) is 12.2 Å². The van der Waals surface area contributed by atoms with Gasteiger partial charge in [-0.1, -0.05) is 26.8 Å². The van der Waals surface area contributed by atoms with E-state index in [0.29, 0.717) is 6.73 Å². The second-order valence-corrected chi connectivity index (χ2v) is 4.56. The minimum atomic E-state index is -0.261. The van der Waals surface area contributed by atoms with Gasteiger partial charge >= 0.3 is 5.97 Å². The Morgan fingerprint density at radius 2 is 1.88 bits per heavy atom. The highest BCUT2D eigenvalue weighted by Crippen LogP contribution is 2.23. The van der Waals surface area contributed by atoms with Crippen LogP contribution in [-0.2, 0) is 9.53 Å². The van der Waals surface area contributed by atoms with E-state index in [1.54, 1.807) is 6.08 Å². The van der Waals surface area contributed by atoms with Crippen molar-refractivity contribution in [1.29, 1.82) is 0 Å². The summed E-state index contributed by atoms with van der Waals surface area (Å²) in [6, 6.07) is 0. The highest BCUT2D eigenvalue weighted by molar-refractivity contribution is 5.81. The summed E-state index contributed by atoms with van der Waals surface area (Å²) in [5, 5.41) is 0. The molecule has 0 rings (SSSR count). The van der Waals surface area contributed by atoms with Crippen molar-refractivity contribution >= 4 is 5.97 Å². The Kier molecular flexibility index (Phi) is 7.88. The molecule has 0 aliphatic rings. The summed E-state index contributed by atoms with van der Waals surface area (Å²) >= 11 is 0. The molecule has 0 amide bonds. The highest BCUT2D eigenvalue weighted by Gasteiger charge is 2.28. The second-order valence-electron chi connectivity index (χ2n) is 4.56. The summed E-state index contributed by atoms with van der Waals surface area (Å²) in [5.74, 6) is -0.261. The van der Waals surface area contributed by atoms with E-state index in [-0.39, 0.29) is 11.5 Å². The van der Waals surface area contributed by atoms with E-state index in [4.69, 9.17) is 4.74 Å². The SMILES string of the molecule is C/C=C/C(=O)OCN(CCC)C(C)(CC)CC. The minimum absolute atomic E-state index is 0.117. The van der Waals surface area contributed by atoms with Gasteiger partial charge in [-0.05, 0) is 33.1 Å². The Morgan fingerprint density at radius 1 is 1.29 bits per heavy atom. The van der Waals surface area contributed by atoms with Crippen LogP contribution < -0.4 is 0 Å². The Hall–Kier alpha value is -0.830. The van der Waals surface area contributed by atoms with Crippen molar-refractivity contribution < 1.29 is 9.53 Å². The lowest BCUT2D eigenvalue weighted by molar-refractivity contribution is -0.145. The first-order chi connectivity index (χ1) is 8.03. The number of ether oxygens (including phenoxy) is 1. The monoisotopic (exact) mass is 241 g/mol. The van der Waals surface area contributed by atoms with E-state index in [1.165, 1.54) is 6.08 Å². The second kappa shape index (κ2) is 8.29. The summed E-state index contributed by atoms with van der Waals surface area (Å²) in [4.78, 5) is 13.6. The van der Waals surface area contributed by atoms with Gasteiger partial charge in [0.1, 0.15) is 6.73 Å². The first-order valence-corrected chi connectivity index (χ1v) is 6.58. The topological polar surface area (TPSA) is 29.5 Å². The van der Waals surface area contributed by atoms with Crippen molar-refractivity contribution in [3.05, 3.63) is 12.2 Å². The molecule has 0 aromatic rings. The van der Waals surface area contributed by atoms with E-state index in [1.807, 2.05) is 6.92 Å². The molecule has 0 aliphatic heterocycles. The molecule has 0 radical (unpaired) electrons. The normalized spacial score (nSPS) is 12.4. The van der Waals surface area contributed by atoms with Gasteiger partial charge in [0.15, 0.2) is 0 Å². The first kappa shape index (κ1) is 16.2. The van der Waals surface area contributed by atoms with E-state index >= 15 is 0 Å². The zero-order chi connectivity index (χ0) is 13.3. The molecule has 0 bridgehead atoms. The van der Waals surface area contributed by atoms with Gasteiger partial charge in [-0.3, -0.25) is 4.90 Å². The molecule has 0 spiro atoms. The van der Waals surface area contributed by atoms with E-state index in [0.717, 1.165) is 25.8 Å². The van der Waals surface area contributed by atoms with E-state index in [2.05, 4.69) is 32.6 Å². The number of carbonyl (C=O) groups excluding carboxylic acids is 1. The molecular formula is C14H27NO2. The van der Waals surface area contributed by atoms with Crippen LogP contribution in [-0.4, -0.2) is 29.7 Å². The lowest BCUT2D eigenvalue weighted by Gasteiger charge is -2.39. The Labute approximate surface area is 106 Å². The predicted octanol–water partition coefficient (Wildman–Crippen LogP) is 3.35. The molecule has 3 heteroatoms. The molecule has 0 aliphatic carbocycles. The van der Waals surface area contributed by atoms with E-state index in [9.17, 15) is 4.79 Å². The van der Waals surface area contributed by atoms with Crippen LogP contribution in [0.25, 0.3) is 0 Å². The van der Waals surface area contributed by atoms with Gasteiger partial charge in [-0.15, -0.1) is 0 Å². The van der Waals surface area contributed by atoms with Crippen molar-refractivity contribution in [3.8, 4) is 0 Å². The van der Waals surface area contributed by atoms with Crippen LogP contribution >= 0.6 is 0 Å². The summed E-state index contributed by atoms with van der Waals surface area (Å²) in [5.41, 5.74) is 0.117. The molecule has 0 fully saturated rings. The third kappa shape index (κ3) is 5.35. The largest absolute Gasteiger partial charge is 0.446 e. The zero-order valence-electron chi connectivity index (χ0n) is 12.0. The third-order valence-electron chi connectivity index (χ3n) is 3.45. The number of allylic oxidation sites excluding steroid dienone is 1. The van der Waals surface area contributed by atoms with Gasteiger partial charge in [0.05, 0.1) is 0 Å². The number of rotatable bonds is 8. The zero-order valence-corrected chi connectivity index (χ0v) is 12.0. The van der Waals surface area contributed by atoms with Crippen LogP contribution in [0.5, 0.6) is 0 Å². The molecule has 0 N–H and O–H groups in total. The third-order valence-corrected chi connectivity index (χ3v) is 3.45. The molecule has 3 nitrogen and oxygen atoms in total. The smallest absolute Gasteiger partial charge is 0.331 e. The Bertz CT molecular complexity index is 245. The highest BCUT2D eigenvalue weighted by atomic mass is 16.5. The van der Waals surface area contributed by atoms with Gasteiger partial charge < -0.3 is 4.74 Å². The van der Waals surface area contributed by atoms with Crippen LogP contribution in [0.3, 0.4) is 0 Å². The number of nitrogens with zero attached hydrogens (tertiary/aromatic N) is 1. The number of carbonyl (C=O) groups is 1. The number of hydrogen-bond acceptors (Lipinski definition) is 3. The van der Waals surface area contributed by atoms with Crippen molar-refractivity contribution in [1.82, 2.24) is 4.90 Å². The number of hydrogen-bond donors (Lipinski definition) is 0. The molecule has 100 valence electrons. The van der Waals surface area contributed by atoms with Gasteiger partial charge in [0, 0.05) is 18.2 Å². The van der Waals surface area contributed by atoms with Gasteiger partial charge in [-0.2, -0.15) is 0 Å². The van der Waals surface area contributed by atoms with Crippen molar-refractivity contribution in [2.45, 2.75) is 59.4 Å². The quantitative estimate of drug-likeness (QED) is 0.371. The maximum atomic E-state index is 11.3. The summed E-state index contributed by atoms with van der Waals surface area (Å²) in [7, 11) is 0. The van der Waals surface area contributed by atoms with Crippen LogP contribution in [0.2, 0.25) is 0 Å². The average Bonchev–Trinajstić information content (AvgIpc) is 2.33. The molecule has 17 heavy (non-hydrogen) atoms. The molecule has 0 saturated heterocycles. The summed E-state index contributed by atoms with van der Waals surface area (Å²) in [6.07, 6.45) is 6.34. The van der Waals surface area contributed by atoms with E-state index < -0.39 is 0 Å². The van der Waals surface area contributed by atoms with Crippen molar-refractivity contribution in [3.63, 3.8) is 0 Å².